The zero-order valence-electron chi connectivity index (χ0n) is 14.3. The van der Waals surface area contributed by atoms with Gasteiger partial charge in [0.2, 0.25) is 0 Å². The molecule has 0 aromatic heterocycles. The van der Waals surface area contributed by atoms with E-state index in [1.807, 2.05) is 30.3 Å². The first-order valence-electron chi connectivity index (χ1n) is 7.75. The number of nitrogens with one attached hydrogen (secondary N) is 1. The molecule has 2 aromatic rings. The van der Waals surface area contributed by atoms with E-state index in [9.17, 15) is 9.59 Å². The lowest BCUT2D eigenvalue weighted by atomic mass is 10.1. The molecule has 132 valence electrons. The van der Waals surface area contributed by atoms with E-state index < -0.39 is 17.7 Å². The lowest BCUT2D eigenvalue weighted by Crippen LogP contribution is -2.24. The molecule has 0 bridgehead atoms. The maximum atomic E-state index is 12.1. The third-order valence-electron chi connectivity index (χ3n) is 3.05. The fourth-order valence-corrected chi connectivity index (χ4v) is 2.30. The third kappa shape index (κ3) is 6.23. The summed E-state index contributed by atoms with van der Waals surface area (Å²) >= 11 is 3.34. The van der Waals surface area contributed by atoms with Gasteiger partial charge >= 0.3 is 12.1 Å². The van der Waals surface area contributed by atoms with Crippen LogP contribution in [0.2, 0.25) is 0 Å². The van der Waals surface area contributed by atoms with Crippen LogP contribution in [0.3, 0.4) is 0 Å². The van der Waals surface area contributed by atoms with Crippen molar-refractivity contribution in [3.63, 3.8) is 0 Å². The smallest absolute Gasteiger partial charge is 0.411 e. The molecule has 0 saturated carbocycles. The van der Waals surface area contributed by atoms with Gasteiger partial charge in [-0.2, -0.15) is 0 Å². The Morgan fingerprint density at radius 1 is 1.08 bits per heavy atom. The van der Waals surface area contributed by atoms with Crippen molar-refractivity contribution < 1.29 is 19.1 Å². The largest absolute Gasteiger partial charge is 0.456 e. The van der Waals surface area contributed by atoms with Crippen molar-refractivity contribution in [2.45, 2.75) is 33.0 Å². The first kappa shape index (κ1) is 19.0. The van der Waals surface area contributed by atoms with E-state index in [2.05, 4.69) is 21.2 Å². The highest BCUT2D eigenvalue weighted by atomic mass is 79.9. The summed E-state index contributed by atoms with van der Waals surface area (Å²) in [5.74, 6) is -0.458. The predicted molar refractivity (Wildman–Crippen MR) is 99.6 cm³/mol. The predicted octanol–water partition coefficient (Wildman–Crippen LogP) is 5.15. The van der Waals surface area contributed by atoms with Crippen molar-refractivity contribution in [1.29, 1.82) is 0 Å². The molecular formula is C19H20BrNO4. The molecule has 0 aliphatic carbocycles. The summed E-state index contributed by atoms with van der Waals surface area (Å²) in [5.41, 5.74) is 1.07. The summed E-state index contributed by atoms with van der Waals surface area (Å²) in [7, 11) is 0. The van der Waals surface area contributed by atoms with Crippen molar-refractivity contribution in [2.24, 2.45) is 0 Å². The number of rotatable bonds is 4. The number of ether oxygens (including phenoxy) is 2. The van der Waals surface area contributed by atoms with Crippen LogP contribution >= 0.6 is 15.9 Å². The molecular weight excluding hydrogens is 386 g/mol. The first-order valence-corrected chi connectivity index (χ1v) is 8.54. The number of hydrogen-bond donors (Lipinski definition) is 1. The van der Waals surface area contributed by atoms with Gasteiger partial charge in [-0.15, -0.1) is 0 Å². The monoisotopic (exact) mass is 405 g/mol. The number of halogens is 1. The molecule has 6 heteroatoms. The maximum absolute atomic E-state index is 12.1. The maximum Gasteiger partial charge on any atom is 0.411 e. The second-order valence-corrected chi connectivity index (χ2v) is 7.24. The second-order valence-electron chi connectivity index (χ2n) is 6.38. The molecule has 2 aromatic carbocycles. The van der Waals surface area contributed by atoms with Crippen LogP contribution < -0.4 is 5.32 Å². The van der Waals surface area contributed by atoms with E-state index >= 15 is 0 Å². The Kier molecular flexibility index (Phi) is 6.20. The van der Waals surface area contributed by atoms with Crippen molar-refractivity contribution in [1.82, 2.24) is 0 Å². The summed E-state index contributed by atoms with van der Waals surface area (Å²) in [6, 6.07) is 14.2. The fourth-order valence-electron chi connectivity index (χ4n) is 1.95. The van der Waals surface area contributed by atoms with E-state index in [-0.39, 0.29) is 6.61 Å². The average molecular weight is 406 g/mol. The Bertz CT molecular complexity index is 754. The minimum absolute atomic E-state index is 0.163. The normalized spacial score (nSPS) is 10.9. The molecule has 0 fully saturated rings. The van der Waals surface area contributed by atoms with Crippen molar-refractivity contribution in [3.05, 3.63) is 64.1 Å². The summed E-state index contributed by atoms with van der Waals surface area (Å²) in [4.78, 5) is 24.1. The lowest BCUT2D eigenvalue weighted by Gasteiger charge is -2.19. The molecule has 0 atom stereocenters. The summed E-state index contributed by atoms with van der Waals surface area (Å²) in [6.45, 7) is 5.55. The third-order valence-corrected chi connectivity index (χ3v) is 3.74. The number of hydrogen-bond acceptors (Lipinski definition) is 4. The summed E-state index contributed by atoms with van der Waals surface area (Å²) in [5, 5.41) is 2.62. The number of anilines is 1. The van der Waals surface area contributed by atoms with Gasteiger partial charge in [0, 0.05) is 4.47 Å². The van der Waals surface area contributed by atoms with Gasteiger partial charge in [0.05, 0.1) is 11.3 Å². The first-order chi connectivity index (χ1) is 11.7. The van der Waals surface area contributed by atoms with Gasteiger partial charge in [-0.05, 0) is 60.5 Å². The lowest BCUT2D eigenvalue weighted by molar-refractivity contribution is 0.00694. The number of esters is 1. The van der Waals surface area contributed by atoms with Crippen molar-refractivity contribution >= 4 is 33.7 Å². The number of amides is 1. The Balaban J connectivity index is 2.02. The van der Waals surface area contributed by atoms with E-state index in [0.717, 1.165) is 5.56 Å². The molecule has 0 spiro atoms. The Morgan fingerprint density at radius 2 is 1.76 bits per heavy atom. The van der Waals surface area contributed by atoms with Crippen LogP contribution in [-0.4, -0.2) is 17.7 Å². The van der Waals surface area contributed by atoms with E-state index in [4.69, 9.17) is 9.47 Å². The highest BCUT2D eigenvalue weighted by molar-refractivity contribution is 9.10. The molecule has 0 aliphatic heterocycles. The summed E-state index contributed by atoms with van der Waals surface area (Å²) in [6.07, 6.45) is -0.606. The van der Waals surface area contributed by atoms with Gasteiger partial charge in [-0.25, -0.2) is 9.59 Å². The molecule has 1 amide bonds. The van der Waals surface area contributed by atoms with Crippen LogP contribution in [0.5, 0.6) is 0 Å². The van der Waals surface area contributed by atoms with E-state index in [1.54, 1.807) is 39.0 Å². The highest BCUT2D eigenvalue weighted by Crippen LogP contribution is 2.25. The minimum atomic E-state index is -0.606. The zero-order valence-corrected chi connectivity index (χ0v) is 15.9. The molecule has 0 aliphatic rings. The van der Waals surface area contributed by atoms with Crippen LogP contribution in [-0.2, 0) is 16.1 Å². The van der Waals surface area contributed by atoms with Gasteiger partial charge in [0.1, 0.15) is 12.2 Å². The molecule has 0 radical (unpaired) electrons. The van der Waals surface area contributed by atoms with E-state index in [1.165, 1.54) is 0 Å². The number of carbonyl (C=O) groups excluding carboxylic acids is 2. The van der Waals surface area contributed by atoms with Crippen LogP contribution in [0.25, 0.3) is 0 Å². The average Bonchev–Trinajstić information content (AvgIpc) is 2.54. The standard InChI is InChI=1S/C19H20BrNO4/c1-19(2,3)25-17(22)14-9-10-15(20)16(11-14)21-18(23)24-12-13-7-5-4-6-8-13/h4-11H,12H2,1-3H3,(H,21,23). The molecule has 0 unspecified atom stereocenters. The SMILES string of the molecule is CC(C)(C)OC(=O)c1ccc(Br)c(NC(=O)OCc2ccccc2)c1. The minimum Gasteiger partial charge on any atom is -0.456 e. The van der Waals surface area contributed by atoms with Crippen LogP contribution in [0.15, 0.2) is 53.0 Å². The van der Waals surface area contributed by atoms with Gasteiger partial charge in [0.25, 0.3) is 0 Å². The molecule has 0 saturated heterocycles. The number of carbonyl (C=O) groups is 2. The van der Waals surface area contributed by atoms with Crippen LogP contribution in [0.1, 0.15) is 36.7 Å². The number of benzene rings is 2. The van der Waals surface area contributed by atoms with Gasteiger partial charge in [0.15, 0.2) is 0 Å². The quantitative estimate of drug-likeness (QED) is 0.713. The topological polar surface area (TPSA) is 64.6 Å². The van der Waals surface area contributed by atoms with Gasteiger partial charge in [-0.3, -0.25) is 5.32 Å². The fraction of sp³-hybridized carbons (Fsp3) is 0.263. The molecule has 5 nitrogen and oxygen atoms in total. The Labute approximate surface area is 155 Å². The van der Waals surface area contributed by atoms with Gasteiger partial charge < -0.3 is 9.47 Å². The van der Waals surface area contributed by atoms with Crippen LogP contribution in [0, 0.1) is 0 Å². The van der Waals surface area contributed by atoms with Crippen molar-refractivity contribution in [2.75, 3.05) is 5.32 Å². The molecule has 1 N–H and O–H groups in total. The highest BCUT2D eigenvalue weighted by Gasteiger charge is 2.19. The van der Waals surface area contributed by atoms with Crippen molar-refractivity contribution in [3.8, 4) is 0 Å². The Morgan fingerprint density at radius 3 is 2.40 bits per heavy atom. The van der Waals surface area contributed by atoms with Crippen LogP contribution in [0.4, 0.5) is 10.5 Å². The second kappa shape index (κ2) is 8.16. The van der Waals surface area contributed by atoms with Gasteiger partial charge in [-0.1, -0.05) is 30.3 Å². The molecule has 0 heterocycles. The molecule has 2 rings (SSSR count). The summed E-state index contributed by atoms with van der Waals surface area (Å²) < 4.78 is 11.1. The Hall–Kier alpha value is -2.34. The zero-order chi connectivity index (χ0) is 18.4. The van der Waals surface area contributed by atoms with E-state index in [0.29, 0.717) is 15.7 Å². The molecule has 25 heavy (non-hydrogen) atoms.